The molecule has 1 atom stereocenters. The summed E-state index contributed by atoms with van der Waals surface area (Å²) in [4.78, 5) is 12.9. The van der Waals surface area contributed by atoms with E-state index < -0.39 is 0 Å². The van der Waals surface area contributed by atoms with E-state index in [9.17, 15) is 4.79 Å². The molecule has 0 bridgehead atoms. The van der Waals surface area contributed by atoms with Crippen molar-refractivity contribution in [2.24, 2.45) is 0 Å². The average Bonchev–Trinajstić information content (AvgIpc) is 2.31. The van der Waals surface area contributed by atoms with Gasteiger partial charge in [-0.05, 0) is 5.56 Å². The van der Waals surface area contributed by atoms with Crippen LogP contribution in [0.25, 0.3) is 0 Å². The Bertz CT molecular complexity index is 313. The van der Waals surface area contributed by atoms with Crippen LogP contribution in [0, 0.1) is 0 Å². The Labute approximate surface area is 89.7 Å². The average molecular weight is 205 g/mol. The van der Waals surface area contributed by atoms with Crippen molar-refractivity contribution in [2.75, 3.05) is 19.7 Å². The lowest BCUT2D eigenvalue weighted by atomic mass is 10.2. The zero-order chi connectivity index (χ0) is 10.5. The molecule has 2 rings (SSSR count). The number of hydrogen-bond donors (Lipinski definition) is 0. The number of nitrogens with zero attached hydrogens (tertiary/aromatic N) is 1. The summed E-state index contributed by atoms with van der Waals surface area (Å²) in [6.07, 6.45) is 0.638. The zero-order valence-electron chi connectivity index (χ0n) is 8.63. The second-order valence-electron chi connectivity index (χ2n) is 3.77. The van der Waals surface area contributed by atoms with Gasteiger partial charge in [-0.15, -0.1) is 0 Å². The summed E-state index contributed by atoms with van der Waals surface area (Å²) in [5, 5.41) is 0. The maximum Gasteiger partial charge on any atom is 0.150 e. The van der Waals surface area contributed by atoms with Crippen LogP contribution in [0.5, 0.6) is 0 Å². The van der Waals surface area contributed by atoms with E-state index in [1.165, 1.54) is 5.56 Å². The molecule has 1 aliphatic heterocycles. The van der Waals surface area contributed by atoms with Gasteiger partial charge in [-0.1, -0.05) is 30.3 Å². The lowest BCUT2D eigenvalue weighted by Crippen LogP contribution is -2.42. The lowest BCUT2D eigenvalue weighted by Gasteiger charge is -2.30. The molecule has 0 amide bonds. The summed E-state index contributed by atoms with van der Waals surface area (Å²) < 4.78 is 5.29. The molecule has 80 valence electrons. The first-order chi connectivity index (χ1) is 7.38. The predicted octanol–water partition coefficient (Wildman–Crippen LogP) is 1.09. The Balaban J connectivity index is 1.92. The van der Waals surface area contributed by atoms with Crippen LogP contribution >= 0.6 is 0 Å². The number of ether oxygens (including phenoxy) is 1. The van der Waals surface area contributed by atoms with Gasteiger partial charge in [0, 0.05) is 19.6 Å². The van der Waals surface area contributed by atoms with E-state index >= 15 is 0 Å². The predicted molar refractivity (Wildman–Crippen MR) is 57.5 cm³/mol. The normalized spacial score (nSPS) is 22.5. The molecule has 1 saturated heterocycles. The first-order valence-electron chi connectivity index (χ1n) is 5.21. The smallest absolute Gasteiger partial charge is 0.150 e. The van der Waals surface area contributed by atoms with Crippen LogP contribution in [0.4, 0.5) is 0 Å². The molecule has 1 unspecified atom stereocenters. The number of benzene rings is 1. The summed E-state index contributed by atoms with van der Waals surface area (Å²) >= 11 is 0. The first kappa shape index (κ1) is 10.3. The fourth-order valence-electron chi connectivity index (χ4n) is 1.80. The third-order valence-electron chi connectivity index (χ3n) is 2.58. The highest BCUT2D eigenvalue weighted by atomic mass is 16.5. The van der Waals surface area contributed by atoms with Crippen LogP contribution in [0.1, 0.15) is 5.56 Å². The highest BCUT2D eigenvalue weighted by Crippen LogP contribution is 2.09. The molecule has 0 saturated carbocycles. The van der Waals surface area contributed by atoms with Crippen LogP contribution in [0.3, 0.4) is 0 Å². The number of morpholine rings is 1. The van der Waals surface area contributed by atoms with E-state index in [1.54, 1.807) is 0 Å². The highest BCUT2D eigenvalue weighted by Gasteiger charge is 2.19. The topological polar surface area (TPSA) is 29.5 Å². The van der Waals surface area contributed by atoms with Crippen LogP contribution in [-0.2, 0) is 16.1 Å². The second kappa shape index (κ2) is 5.05. The molecule has 1 fully saturated rings. The number of hydrogen-bond acceptors (Lipinski definition) is 3. The molecule has 15 heavy (non-hydrogen) atoms. The largest absolute Gasteiger partial charge is 0.368 e. The Kier molecular flexibility index (Phi) is 3.48. The van der Waals surface area contributed by atoms with Gasteiger partial charge >= 0.3 is 0 Å². The van der Waals surface area contributed by atoms with Crippen molar-refractivity contribution in [3.05, 3.63) is 35.9 Å². The van der Waals surface area contributed by atoms with E-state index in [0.29, 0.717) is 13.2 Å². The molecule has 0 aliphatic carbocycles. The van der Waals surface area contributed by atoms with Gasteiger partial charge in [0.25, 0.3) is 0 Å². The van der Waals surface area contributed by atoms with Crippen molar-refractivity contribution in [2.45, 2.75) is 12.6 Å². The molecule has 1 heterocycles. The third kappa shape index (κ3) is 2.88. The summed E-state index contributed by atoms with van der Waals surface area (Å²) in [5.41, 5.74) is 1.28. The van der Waals surface area contributed by atoms with Gasteiger partial charge in [0.15, 0.2) is 0 Å². The molecule has 0 radical (unpaired) electrons. The Morgan fingerprint density at radius 1 is 1.40 bits per heavy atom. The third-order valence-corrected chi connectivity index (χ3v) is 2.58. The Morgan fingerprint density at radius 3 is 2.93 bits per heavy atom. The molecule has 0 spiro atoms. The van der Waals surface area contributed by atoms with Crippen molar-refractivity contribution in [3.8, 4) is 0 Å². The summed E-state index contributed by atoms with van der Waals surface area (Å²) in [6, 6.07) is 10.3. The monoisotopic (exact) mass is 205 g/mol. The molecular weight excluding hydrogens is 190 g/mol. The fraction of sp³-hybridized carbons (Fsp3) is 0.417. The van der Waals surface area contributed by atoms with Gasteiger partial charge < -0.3 is 9.53 Å². The molecule has 0 aromatic heterocycles. The van der Waals surface area contributed by atoms with Gasteiger partial charge in [-0.3, -0.25) is 4.90 Å². The van der Waals surface area contributed by atoms with Crippen LogP contribution in [0.2, 0.25) is 0 Å². The molecule has 1 aliphatic rings. The van der Waals surface area contributed by atoms with E-state index in [-0.39, 0.29) is 6.10 Å². The Morgan fingerprint density at radius 2 is 2.20 bits per heavy atom. The van der Waals surface area contributed by atoms with Gasteiger partial charge in [0.05, 0.1) is 6.61 Å². The van der Waals surface area contributed by atoms with Gasteiger partial charge in [-0.25, -0.2) is 0 Å². The van der Waals surface area contributed by atoms with Gasteiger partial charge in [-0.2, -0.15) is 0 Å². The molecule has 0 N–H and O–H groups in total. The van der Waals surface area contributed by atoms with Crippen molar-refractivity contribution in [3.63, 3.8) is 0 Å². The number of aldehydes is 1. The van der Waals surface area contributed by atoms with E-state index in [1.807, 2.05) is 18.2 Å². The van der Waals surface area contributed by atoms with Crippen molar-refractivity contribution in [1.29, 1.82) is 0 Å². The standard InChI is InChI=1S/C12H15NO2/c14-10-12-9-13(6-7-15-12)8-11-4-2-1-3-5-11/h1-5,10,12H,6-9H2. The van der Waals surface area contributed by atoms with Gasteiger partial charge in [0.1, 0.15) is 12.4 Å². The summed E-state index contributed by atoms with van der Waals surface area (Å²) in [7, 11) is 0. The maximum absolute atomic E-state index is 10.6. The molecule has 1 aromatic carbocycles. The van der Waals surface area contributed by atoms with Crippen LogP contribution in [0.15, 0.2) is 30.3 Å². The molecule has 3 heteroatoms. The van der Waals surface area contributed by atoms with Crippen molar-refractivity contribution in [1.82, 2.24) is 4.90 Å². The van der Waals surface area contributed by atoms with Crippen LogP contribution < -0.4 is 0 Å². The van der Waals surface area contributed by atoms with Crippen molar-refractivity contribution < 1.29 is 9.53 Å². The SMILES string of the molecule is O=CC1CN(Cc2ccccc2)CCO1. The minimum absolute atomic E-state index is 0.248. The van der Waals surface area contributed by atoms with Gasteiger partial charge in [0.2, 0.25) is 0 Å². The highest BCUT2D eigenvalue weighted by molar-refractivity contribution is 5.56. The summed E-state index contributed by atoms with van der Waals surface area (Å²) in [6.45, 7) is 3.16. The Hall–Kier alpha value is -1.19. The van der Waals surface area contributed by atoms with Crippen molar-refractivity contribution >= 4 is 6.29 Å². The quantitative estimate of drug-likeness (QED) is 0.692. The van der Waals surface area contributed by atoms with Crippen LogP contribution in [-0.4, -0.2) is 37.0 Å². The second-order valence-corrected chi connectivity index (χ2v) is 3.77. The van der Waals surface area contributed by atoms with E-state index in [4.69, 9.17) is 4.74 Å². The molecule has 3 nitrogen and oxygen atoms in total. The minimum atomic E-state index is -0.248. The minimum Gasteiger partial charge on any atom is -0.368 e. The molecule has 1 aromatic rings. The first-order valence-corrected chi connectivity index (χ1v) is 5.21. The fourth-order valence-corrected chi connectivity index (χ4v) is 1.80. The lowest BCUT2D eigenvalue weighted by molar-refractivity contribution is -0.123. The number of carbonyl (C=O) groups excluding carboxylic acids is 1. The van der Waals surface area contributed by atoms with E-state index in [0.717, 1.165) is 19.4 Å². The maximum atomic E-state index is 10.6. The molecular formula is C12H15NO2. The van der Waals surface area contributed by atoms with E-state index in [2.05, 4.69) is 17.0 Å². The summed E-state index contributed by atoms with van der Waals surface area (Å²) in [5.74, 6) is 0. The zero-order valence-corrected chi connectivity index (χ0v) is 8.63. The number of carbonyl (C=O) groups is 1. The number of rotatable bonds is 3.